The SMILES string of the molecule is Nc1ccc(S(=O)(=O)Nc2nccs2)cc1F.O=C(Nc1ccc(S(=O)(=O)Nc2nccs2)cc1F)C(F)(F)F. The number of alkyl halides is 3. The Morgan fingerprint density at radius 2 is 1.27 bits per heavy atom. The smallest absolute Gasteiger partial charge is 0.396 e. The molecule has 0 saturated heterocycles. The molecule has 0 radical (unpaired) electrons. The van der Waals surface area contributed by atoms with Crippen molar-refractivity contribution < 1.29 is 43.6 Å². The highest BCUT2D eigenvalue weighted by Crippen LogP contribution is 2.24. The lowest BCUT2D eigenvalue weighted by Gasteiger charge is -2.10. The molecule has 4 rings (SSSR count). The Morgan fingerprint density at radius 1 is 0.800 bits per heavy atom. The summed E-state index contributed by atoms with van der Waals surface area (Å²) in [4.78, 5) is 17.5. The molecule has 40 heavy (non-hydrogen) atoms. The average Bonchev–Trinajstić information content (AvgIpc) is 3.55. The number of nitrogen functional groups attached to an aromatic ring is 1. The second kappa shape index (κ2) is 12.1. The van der Waals surface area contributed by atoms with Crippen LogP contribution in [-0.4, -0.2) is 38.9 Å². The number of carbonyl (C=O) groups is 1. The van der Waals surface area contributed by atoms with E-state index in [0.717, 1.165) is 40.9 Å². The van der Waals surface area contributed by atoms with E-state index in [1.807, 2.05) is 0 Å². The Kier molecular flexibility index (Phi) is 9.28. The number of aromatic nitrogens is 2. The summed E-state index contributed by atoms with van der Waals surface area (Å²) >= 11 is 2.12. The quantitative estimate of drug-likeness (QED) is 0.171. The van der Waals surface area contributed by atoms with Gasteiger partial charge in [0.15, 0.2) is 10.3 Å². The minimum atomic E-state index is -5.19. The molecule has 2 heterocycles. The van der Waals surface area contributed by atoms with Crippen LogP contribution in [0, 0.1) is 11.6 Å². The Bertz CT molecular complexity index is 1700. The van der Waals surface area contributed by atoms with Gasteiger partial charge in [0.05, 0.1) is 21.2 Å². The molecule has 0 aliphatic rings. The van der Waals surface area contributed by atoms with Crippen LogP contribution in [0.15, 0.2) is 69.3 Å². The Hall–Kier alpha value is -3.88. The first kappa shape index (κ1) is 30.7. The fourth-order valence-electron chi connectivity index (χ4n) is 2.53. The van der Waals surface area contributed by atoms with Gasteiger partial charge in [-0.1, -0.05) is 0 Å². The van der Waals surface area contributed by atoms with Crippen molar-refractivity contribution in [3.8, 4) is 0 Å². The highest BCUT2D eigenvalue weighted by molar-refractivity contribution is 7.93. The maximum Gasteiger partial charge on any atom is 0.471 e. The third kappa shape index (κ3) is 8.07. The van der Waals surface area contributed by atoms with Crippen LogP contribution in [0.25, 0.3) is 0 Å². The topological polar surface area (TPSA) is 173 Å². The zero-order valence-electron chi connectivity index (χ0n) is 19.3. The van der Waals surface area contributed by atoms with Gasteiger partial charge in [0.1, 0.15) is 11.6 Å². The van der Waals surface area contributed by atoms with E-state index >= 15 is 0 Å². The first-order valence-electron chi connectivity index (χ1n) is 10.2. The van der Waals surface area contributed by atoms with Crippen molar-refractivity contribution >= 4 is 70.3 Å². The number of halogens is 5. The summed E-state index contributed by atoms with van der Waals surface area (Å²) in [6, 6.07) is 5.35. The summed E-state index contributed by atoms with van der Waals surface area (Å²) < 4.78 is 115. The fourth-order valence-corrected chi connectivity index (χ4v) is 6.13. The van der Waals surface area contributed by atoms with Gasteiger partial charge in [-0.3, -0.25) is 14.2 Å². The molecule has 4 aromatic rings. The van der Waals surface area contributed by atoms with Crippen LogP contribution in [0.2, 0.25) is 0 Å². The largest absolute Gasteiger partial charge is 0.471 e. The van der Waals surface area contributed by atoms with Gasteiger partial charge in [-0.15, -0.1) is 22.7 Å². The molecule has 214 valence electrons. The first-order valence-corrected chi connectivity index (χ1v) is 14.9. The highest BCUT2D eigenvalue weighted by Gasteiger charge is 2.39. The molecule has 11 nitrogen and oxygen atoms in total. The Morgan fingerprint density at radius 3 is 1.68 bits per heavy atom. The van der Waals surface area contributed by atoms with Gasteiger partial charge >= 0.3 is 12.1 Å². The lowest BCUT2D eigenvalue weighted by molar-refractivity contribution is -0.167. The van der Waals surface area contributed by atoms with E-state index in [0.29, 0.717) is 6.07 Å². The normalized spacial score (nSPS) is 11.7. The number of nitrogens with one attached hydrogen (secondary N) is 3. The summed E-state index contributed by atoms with van der Waals surface area (Å²) in [5, 5.41) is 4.71. The average molecular weight is 643 g/mol. The second-order valence-electron chi connectivity index (χ2n) is 7.16. The third-order valence-electron chi connectivity index (χ3n) is 4.35. The van der Waals surface area contributed by atoms with Gasteiger partial charge in [0.2, 0.25) is 0 Å². The van der Waals surface area contributed by atoms with Crippen molar-refractivity contribution in [2.75, 3.05) is 20.5 Å². The summed E-state index contributed by atoms with van der Waals surface area (Å²) in [5.41, 5.74) is 4.38. The number of nitrogens with zero attached hydrogens (tertiary/aromatic N) is 2. The molecule has 0 unspecified atom stereocenters. The van der Waals surface area contributed by atoms with Gasteiger partial charge in [-0.05, 0) is 36.4 Å². The van der Waals surface area contributed by atoms with Gasteiger partial charge in [0.25, 0.3) is 20.0 Å². The summed E-state index contributed by atoms with van der Waals surface area (Å²) in [7, 11) is -7.98. The number of hydrogen-bond donors (Lipinski definition) is 4. The molecular formula is C20H15F5N6O5S4. The number of anilines is 4. The van der Waals surface area contributed by atoms with Gasteiger partial charge in [-0.2, -0.15) is 13.2 Å². The van der Waals surface area contributed by atoms with Crippen LogP contribution >= 0.6 is 22.7 Å². The Labute approximate surface area is 231 Å². The minimum absolute atomic E-state index is 0.0415. The van der Waals surface area contributed by atoms with Gasteiger partial charge in [0, 0.05) is 23.2 Å². The van der Waals surface area contributed by atoms with E-state index in [1.165, 1.54) is 35.2 Å². The molecule has 0 bridgehead atoms. The number of rotatable bonds is 7. The van der Waals surface area contributed by atoms with E-state index in [-0.39, 0.29) is 20.8 Å². The van der Waals surface area contributed by atoms with Crippen LogP contribution in [0.5, 0.6) is 0 Å². The first-order chi connectivity index (χ1) is 18.6. The molecule has 0 aliphatic carbocycles. The van der Waals surface area contributed by atoms with Crippen molar-refractivity contribution in [3.63, 3.8) is 0 Å². The van der Waals surface area contributed by atoms with Crippen LogP contribution in [0.1, 0.15) is 0 Å². The van der Waals surface area contributed by atoms with Crippen LogP contribution < -0.4 is 20.5 Å². The summed E-state index contributed by atoms with van der Waals surface area (Å²) in [5.74, 6) is -4.47. The van der Waals surface area contributed by atoms with Crippen LogP contribution in [0.4, 0.5) is 43.6 Å². The zero-order chi connectivity index (χ0) is 29.7. The predicted molar refractivity (Wildman–Crippen MR) is 138 cm³/mol. The molecular weight excluding hydrogens is 628 g/mol. The van der Waals surface area contributed by atoms with E-state index in [4.69, 9.17) is 5.73 Å². The monoisotopic (exact) mass is 642 g/mol. The number of carbonyl (C=O) groups excluding carboxylic acids is 1. The lowest BCUT2D eigenvalue weighted by atomic mass is 10.3. The summed E-state index contributed by atoms with van der Waals surface area (Å²) in [6.07, 6.45) is -2.38. The van der Waals surface area contributed by atoms with Crippen molar-refractivity contribution in [2.24, 2.45) is 0 Å². The van der Waals surface area contributed by atoms with Crippen molar-refractivity contribution in [1.29, 1.82) is 0 Å². The molecule has 0 spiro atoms. The number of benzene rings is 2. The maximum atomic E-state index is 13.7. The standard InChI is InChI=1S/C11H7F4N3O3S2.C9H8FN3O2S2/c12-7-5-6(23(20,21)18-10-16-3-4-22-10)1-2-8(7)17-9(19)11(13,14)15;10-7-5-6(1-2-8(7)11)17(14,15)13-9-12-3-4-16-9/h1-5H,(H,16,18)(H,17,19);1-5H,11H2,(H,12,13). The van der Waals surface area contributed by atoms with Gasteiger partial charge in [-0.25, -0.2) is 35.6 Å². The number of thiazole rings is 2. The van der Waals surface area contributed by atoms with Crippen LogP contribution in [0.3, 0.4) is 0 Å². The van der Waals surface area contributed by atoms with E-state index < -0.39 is 54.3 Å². The third-order valence-corrected chi connectivity index (χ3v) is 8.66. The fraction of sp³-hybridized carbons (Fsp3) is 0.0500. The molecule has 2 aromatic heterocycles. The Balaban J connectivity index is 0.000000230. The molecule has 5 N–H and O–H groups in total. The minimum Gasteiger partial charge on any atom is -0.396 e. The molecule has 20 heteroatoms. The molecule has 1 amide bonds. The molecule has 0 saturated carbocycles. The van der Waals surface area contributed by atoms with Crippen molar-refractivity contribution in [2.45, 2.75) is 16.0 Å². The molecule has 0 fully saturated rings. The number of sulfonamides is 2. The second-order valence-corrected chi connectivity index (χ2v) is 12.3. The van der Waals surface area contributed by atoms with Crippen LogP contribution in [-0.2, 0) is 24.8 Å². The molecule has 2 aromatic carbocycles. The van der Waals surface area contributed by atoms with Crippen molar-refractivity contribution in [3.05, 3.63) is 71.2 Å². The number of hydrogen-bond acceptors (Lipinski definition) is 10. The number of amides is 1. The highest BCUT2D eigenvalue weighted by atomic mass is 32.2. The van der Waals surface area contributed by atoms with E-state index in [1.54, 1.807) is 5.38 Å². The van der Waals surface area contributed by atoms with E-state index in [2.05, 4.69) is 19.4 Å². The molecule has 0 atom stereocenters. The number of nitrogens with two attached hydrogens (primary N) is 1. The van der Waals surface area contributed by atoms with Gasteiger partial charge < -0.3 is 11.1 Å². The van der Waals surface area contributed by atoms with E-state index in [9.17, 15) is 43.6 Å². The predicted octanol–water partition coefficient (Wildman–Crippen LogP) is 4.25. The maximum absolute atomic E-state index is 13.7. The lowest BCUT2D eigenvalue weighted by Crippen LogP contribution is -2.30. The van der Waals surface area contributed by atoms with Crippen molar-refractivity contribution in [1.82, 2.24) is 9.97 Å². The molecule has 0 aliphatic heterocycles. The summed E-state index contributed by atoms with van der Waals surface area (Å²) in [6.45, 7) is 0. The zero-order valence-corrected chi connectivity index (χ0v) is 22.6.